The van der Waals surface area contributed by atoms with E-state index >= 15 is 0 Å². The zero-order valence-corrected chi connectivity index (χ0v) is 9.03. The lowest BCUT2D eigenvalue weighted by molar-refractivity contribution is 0.0525. The summed E-state index contributed by atoms with van der Waals surface area (Å²) < 4.78 is 4.98. The maximum Gasteiger partial charge on any atom is 0.338 e. The fourth-order valence-electron chi connectivity index (χ4n) is 1.44. The Bertz CT molecular complexity index is 323. The van der Waals surface area contributed by atoms with Gasteiger partial charge in [-0.1, -0.05) is 18.2 Å². The highest BCUT2D eigenvalue weighted by atomic mass is 16.5. The SMILES string of the molecule is CCOC(=O)c1ccccc1CCCN. The van der Waals surface area contributed by atoms with E-state index in [1.165, 1.54) is 0 Å². The lowest BCUT2D eigenvalue weighted by Crippen LogP contribution is -2.09. The van der Waals surface area contributed by atoms with Gasteiger partial charge < -0.3 is 10.5 Å². The molecule has 15 heavy (non-hydrogen) atoms. The van der Waals surface area contributed by atoms with Gasteiger partial charge in [-0.3, -0.25) is 0 Å². The smallest absolute Gasteiger partial charge is 0.338 e. The summed E-state index contributed by atoms with van der Waals surface area (Å²) in [6.45, 7) is 2.85. The molecule has 0 aliphatic carbocycles. The number of rotatable bonds is 5. The summed E-state index contributed by atoms with van der Waals surface area (Å²) >= 11 is 0. The maximum absolute atomic E-state index is 11.6. The normalized spacial score (nSPS) is 10.0. The standard InChI is InChI=1S/C12H17NO2/c1-2-15-12(14)11-8-4-3-6-10(11)7-5-9-13/h3-4,6,8H,2,5,7,9,13H2,1H3. The molecule has 0 saturated heterocycles. The zero-order valence-electron chi connectivity index (χ0n) is 9.03. The Hall–Kier alpha value is -1.35. The van der Waals surface area contributed by atoms with E-state index in [0.29, 0.717) is 18.7 Å². The molecule has 0 atom stereocenters. The van der Waals surface area contributed by atoms with Crippen LogP contribution >= 0.6 is 0 Å². The molecule has 0 aromatic heterocycles. The minimum Gasteiger partial charge on any atom is -0.462 e. The molecule has 1 rings (SSSR count). The average molecular weight is 207 g/mol. The number of carbonyl (C=O) groups excluding carboxylic acids is 1. The summed E-state index contributed by atoms with van der Waals surface area (Å²) in [5.74, 6) is -0.245. The first-order valence-corrected chi connectivity index (χ1v) is 5.24. The molecule has 0 fully saturated rings. The highest BCUT2D eigenvalue weighted by molar-refractivity contribution is 5.91. The molecule has 0 unspecified atom stereocenters. The van der Waals surface area contributed by atoms with E-state index in [-0.39, 0.29) is 5.97 Å². The molecule has 0 spiro atoms. The van der Waals surface area contributed by atoms with Crippen LogP contribution in [0.1, 0.15) is 29.3 Å². The fourth-order valence-corrected chi connectivity index (χ4v) is 1.44. The summed E-state index contributed by atoms with van der Waals surface area (Å²) in [5, 5.41) is 0. The van der Waals surface area contributed by atoms with E-state index in [4.69, 9.17) is 10.5 Å². The summed E-state index contributed by atoms with van der Waals surface area (Å²) in [5.41, 5.74) is 7.12. The summed E-state index contributed by atoms with van der Waals surface area (Å²) in [6.07, 6.45) is 1.71. The first-order valence-electron chi connectivity index (χ1n) is 5.24. The predicted octanol–water partition coefficient (Wildman–Crippen LogP) is 1.75. The van der Waals surface area contributed by atoms with Crippen molar-refractivity contribution in [3.63, 3.8) is 0 Å². The Morgan fingerprint density at radius 1 is 1.40 bits per heavy atom. The minimum absolute atomic E-state index is 0.245. The van der Waals surface area contributed by atoms with Crippen LogP contribution in [0.15, 0.2) is 24.3 Å². The zero-order chi connectivity index (χ0) is 11.1. The van der Waals surface area contributed by atoms with Crippen LogP contribution in [0, 0.1) is 0 Å². The largest absolute Gasteiger partial charge is 0.462 e. The molecule has 1 aromatic rings. The summed E-state index contributed by atoms with van der Waals surface area (Å²) in [7, 11) is 0. The van der Waals surface area contributed by atoms with Gasteiger partial charge in [-0.25, -0.2) is 4.79 Å². The van der Waals surface area contributed by atoms with Crippen LogP contribution in [0.2, 0.25) is 0 Å². The van der Waals surface area contributed by atoms with Gasteiger partial charge in [0.1, 0.15) is 0 Å². The second-order valence-electron chi connectivity index (χ2n) is 3.27. The van der Waals surface area contributed by atoms with Crippen molar-refractivity contribution in [3.8, 4) is 0 Å². The van der Waals surface area contributed by atoms with Gasteiger partial charge in [0.2, 0.25) is 0 Å². The van der Waals surface area contributed by atoms with Crippen LogP contribution in [0.3, 0.4) is 0 Å². The van der Waals surface area contributed by atoms with Crippen LogP contribution in [0.4, 0.5) is 0 Å². The van der Waals surface area contributed by atoms with Gasteiger partial charge in [-0.2, -0.15) is 0 Å². The van der Waals surface area contributed by atoms with E-state index in [1.807, 2.05) is 18.2 Å². The molecule has 0 radical (unpaired) electrons. The Kier molecular flexibility index (Phi) is 4.84. The first kappa shape index (κ1) is 11.7. The molecule has 0 amide bonds. The van der Waals surface area contributed by atoms with E-state index in [9.17, 15) is 4.79 Å². The molecule has 3 nitrogen and oxygen atoms in total. The highest BCUT2D eigenvalue weighted by Crippen LogP contribution is 2.12. The van der Waals surface area contributed by atoms with Crippen molar-refractivity contribution in [2.24, 2.45) is 5.73 Å². The fraction of sp³-hybridized carbons (Fsp3) is 0.417. The maximum atomic E-state index is 11.6. The van der Waals surface area contributed by atoms with Crippen molar-refractivity contribution in [1.82, 2.24) is 0 Å². The van der Waals surface area contributed by atoms with Gasteiger partial charge in [0, 0.05) is 0 Å². The number of nitrogens with two attached hydrogens (primary N) is 1. The third-order valence-corrected chi connectivity index (χ3v) is 2.16. The number of hydrogen-bond acceptors (Lipinski definition) is 3. The topological polar surface area (TPSA) is 52.3 Å². The van der Waals surface area contributed by atoms with Crippen LogP contribution in [0.25, 0.3) is 0 Å². The Morgan fingerprint density at radius 3 is 2.80 bits per heavy atom. The number of esters is 1. The van der Waals surface area contributed by atoms with E-state index in [1.54, 1.807) is 13.0 Å². The number of aryl methyl sites for hydroxylation is 1. The van der Waals surface area contributed by atoms with Gasteiger partial charge in [0.15, 0.2) is 0 Å². The molecule has 0 aliphatic heterocycles. The first-order chi connectivity index (χ1) is 7.29. The highest BCUT2D eigenvalue weighted by Gasteiger charge is 2.10. The molecule has 82 valence electrons. The van der Waals surface area contributed by atoms with Gasteiger partial charge in [-0.05, 0) is 37.9 Å². The van der Waals surface area contributed by atoms with Crippen molar-refractivity contribution in [1.29, 1.82) is 0 Å². The molecule has 0 bridgehead atoms. The molecule has 2 N–H and O–H groups in total. The van der Waals surface area contributed by atoms with E-state index in [2.05, 4.69) is 0 Å². The van der Waals surface area contributed by atoms with Gasteiger partial charge >= 0.3 is 5.97 Å². The lowest BCUT2D eigenvalue weighted by Gasteiger charge is -2.07. The Balaban J connectivity index is 2.80. The molecular formula is C12H17NO2. The van der Waals surface area contributed by atoms with Crippen LogP contribution in [0.5, 0.6) is 0 Å². The second-order valence-corrected chi connectivity index (χ2v) is 3.27. The van der Waals surface area contributed by atoms with Crippen LogP contribution in [-0.4, -0.2) is 19.1 Å². The summed E-state index contributed by atoms with van der Waals surface area (Å²) in [6, 6.07) is 7.51. The van der Waals surface area contributed by atoms with Gasteiger partial charge in [0.25, 0.3) is 0 Å². The number of ether oxygens (including phenoxy) is 1. The van der Waals surface area contributed by atoms with E-state index in [0.717, 1.165) is 18.4 Å². The van der Waals surface area contributed by atoms with E-state index < -0.39 is 0 Å². The quantitative estimate of drug-likeness (QED) is 0.748. The average Bonchev–Trinajstić information content (AvgIpc) is 2.27. The molecule has 0 heterocycles. The van der Waals surface area contributed by atoms with Crippen molar-refractivity contribution < 1.29 is 9.53 Å². The third kappa shape index (κ3) is 3.36. The second kappa shape index (κ2) is 6.19. The van der Waals surface area contributed by atoms with Gasteiger partial charge in [-0.15, -0.1) is 0 Å². The van der Waals surface area contributed by atoms with Gasteiger partial charge in [0.05, 0.1) is 12.2 Å². The molecule has 3 heteroatoms. The van der Waals surface area contributed by atoms with Crippen molar-refractivity contribution >= 4 is 5.97 Å². The van der Waals surface area contributed by atoms with Crippen molar-refractivity contribution in [3.05, 3.63) is 35.4 Å². The van der Waals surface area contributed by atoms with Crippen LogP contribution < -0.4 is 5.73 Å². The molecule has 1 aromatic carbocycles. The Labute approximate surface area is 90.2 Å². The molecule has 0 aliphatic rings. The minimum atomic E-state index is -0.245. The third-order valence-electron chi connectivity index (χ3n) is 2.16. The van der Waals surface area contributed by atoms with Crippen LogP contribution in [-0.2, 0) is 11.2 Å². The Morgan fingerprint density at radius 2 is 2.13 bits per heavy atom. The predicted molar refractivity (Wildman–Crippen MR) is 59.8 cm³/mol. The molecular weight excluding hydrogens is 190 g/mol. The summed E-state index contributed by atoms with van der Waals surface area (Å²) in [4.78, 5) is 11.6. The van der Waals surface area contributed by atoms with Crippen molar-refractivity contribution in [2.75, 3.05) is 13.2 Å². The lowest BCUT2D eigenvalue weighted by atomic mass is 10.0. The number of carbonyl (C=O) groups is 1. The number of benzene rings is 1. The monoisotopic (exact) mass is 207 g/mol. The van der Waals surface area contributed by atoms with Crippen molar-refractivity contribution in [2.45, 2.75) is 19.8 Å². The molecule has 0 saturated carbocycles. The number of hydrogen-bond donors (Lipinski definition) is 1.